The van der Waals surface area contributed by atoms with E-state index in [0.717, 1.165) is 12.8 Å². The predicted octanol–water partition coefficient (Wildman–Crippen LogP) is 10.1. The molecule has 0 N–H and O–H groups in total. The highest BCUT2D eigenvalue weighted by Crippen LogP contribution is 2.54. The molecule has 0 saturated heterocycles. The lowest BCUT2D eigenvalue weighted by molar-refractivity contribution is 0.503. The van der Waals surface area contributed by atoms with Gasteiger partial charge in [0.15, 0.2) is 0 Å². The molecule has 0 nitrogen and oxygen atoms in total. The Morgan fingerprint density at radius 1 is 0.514 bits per heavy atom. The average molecular weight is 485 g/mol. The summed E-state index contributed by atoms with van der Waals surface area (Å²) in [6.07, 6.45) is 11.4. The maximum absolute atomic E-state index is 2.40. The first-order valence-corrected chi connectivity index (χ1v) is 13.7. The second-order valence-corrected chi connectivity index (χ2v) is 12.5. The number of rotatable bonds is 5. The van der Waals surface area contributed by atoms with Gasteiger partial charge in [0.1, 0.15) is 0 Å². The lowest BCUT2D eigenvalue weighted by Crippen LogP contribution is -2.34. The van der Waals surface area contributed by atoms with E-state index in [0.29, 0.717) is 0 Å². The molecule has 2 aliphatic carbocycles. The van der Waals surface area contributed by atoms with Gasteiger partial charge in [0.05, 0.1) is 5.41 Å². The summed E-state index contributed by atoms with van der Waals surface area (Å²) in [5, 5.41) is 0. The molecule has 0 radical (unpaired) electrons. The van der Waals surface area contributed by atoms with Gasteiger partial charge in [-0.25, -0.2) is 0 Å². The Hall–Kier alpha value is -3.38. The van der Waals surface area contributed by atoms with Crippen molar-refractivity contribution in [3.8, 4) is 0 Å². The first-order chi connectivity index (χ1) is 17.6. The van der Waals surface area contributed by atoms with Crippen LogP contribution in [-0.4, -0.2) is 0 Å². The Kier molecular flexibility index (Phi) is 6.48. The van der Waals surface area contributed by atoms with Gasteiger partial charge in [-0.05, 0) is 68.2 Å². The number of benzene rings is 3. The lowest BCUT2D eigenvalue weighted by Gasteiger charge is -2.42. The molecule has 188 valence electrons. The molecule has 0 bridgehead atoms. The van der Waals surface area contributed by atoms with E-state index in [-0.39, 0.29) is 10.8 Å². The highest BCUT2D eigenvalue weighted by atomic mass is 14.5. The summed E-state index contributed by atoms with van der Waals surface area (Å²) in [7, 11) is 0. The minimum atomic E-state index is -0.399. The topological polar surface area (TPSA) is 0 Å². The van der Waals surface area contributed by atoms with Gasteiger partial charge in [-0.1, -0.05) is 151 Å². The Bertz CT molecular complexity index is 1350. The summed E-state index contributed by atoms with van der Waals surface area (Å²) >= 11 is 0. The van der Waals surface area contributed by atoms with Crippen LogP contribution in [0.1, 0.15) is 76.6 Å². The summed E-state index contributed by atoms with van der Waals surface area (Å²) in [6.45, 7) is 14.1. The largest absolute Gasteiger partial charge is 0.0801 e. The fraction of sp³-hybridized carbons (Fsp3) is 0.297. The van der Waals surface area contributed by atoms with E-state index >= 15 is 0 Å². The van der Waals surface area contributed by atoms with Crippen molar-refractivity contribution < 1.29 is 0 Å². The van der Waals surface area contributed by atoms with Crippen LogP contribution in [0.15, 0.2) is 126 Å². The molecule has 37 heavy (non-hydrogen) atoms. The van der Waals surface area contributed by atoms with E-state index in [2.05, 4.69) is 151 Å². The Balaban J connectivity index is 1.95. The Morgan fingerprint density at radius 3 is 1.57 bits per heavy atom. The Labute approximate surface area is 224 Å². The van der Waals surface area contributed by atoms with Gasteiger partial charge in [0.25, 0.3) is 0 Å². The lowest BCUT2D eigenvalue weighted by atomic mass is 9.60. The standard InChI is InChI=1S/C37H40/c1-35(2,3)31-24-15-22-29(31)30-21-13-14-23-32(30)37(27-17-9-7-10-18-27,28-19-11-8-12-20-28)34-26-16-25-33(34)36(4,5)6/h7-21,23-25H,22,26H2,1-6H3. The molecule has 0 unspecified atom stereocenters. The monoisotopic (exact) mass is 484 g/mol. The zero-order valence-corrected chi connectivity index (χ0v) is 23.3. The van der Waals surface area contributed by atoms with Crippen LogP contribution in [-0.2, 0) is 5.41 Å². The second kappa shape index (κ2) is 9.49. The van der Waals surface area contributed by atoms with E-state index < -0.39 is 5.41 Å². The minimum Gasteiger partial charge on any atom is -0.0801 e. The van der Waals surface area contributed by atoms with Crippen LogP contribution < -0.4 is 0 Å². The molecule has 0 spiro atoms. The predicted molar refractivity (Wildman–Crippen MR) is 160 cm³/mol. The van der Waals surface area contributed by atoms with E-state index in [1.165, 1.54) is 44.5 Å². The van der Waals surface area contributed by atoms with Crippen LogP contribution >= 0.6 is 0 Å². The van der Waals surface area contributed by atoms with Crippen molar-refractivity contribution in [2.45, 2.75) is 59.8 Å². The van der Waals surface area contributed by atoms with E-state index in [4.69, 9.17) is 0 Å². The van der Waals surface area contributed by atoms with Crippen LogP contribution in [0.5, 0.6) is 0 Å². The molecule has 0 atom stereocenters. The third-order valence-electron chi connectivity index (χ3n) is 8.00. The zero-order chi connectivity index (χ0) is 26.3. The zero-order valence-electron chi connectivity index (χ0n) is 23.3. The fourth-order valence-electron chi connectivity index (χ4n) is 6.46. The summed E-state index contributed by atoms with van der Waals surface area (Å²) < 4.78 is 0. The minimum absolute atomic E-state index is 0.0385. The van der Waals surface area contributed by atoms with Gasteiger partial charge in [-0.3, -0.25) is 0 Å². The molecular formula is C37H40. The highest BCUT2D eigenvalue weighted by molar-refractivity contribution is 5.81. The summed E-state index contributed by atoms with van der Waals surface area (Å²) in [5.74, 6) is 0. The Morgan fingerprint density at radius 2 is 1.00 bits per heavy atom. The number of hydrogen-bond donors (Lipinski definition) is 0. The second-order valence-electron chi connectivity index (χ2n) is 12.5. The van der Waals surface area contributed by atoms with Gasteiger partial charge in [-0.2, -0.15) is 0 Å². The van der Waals surface area contributed by atoms with Crippen LogP contribution in [0.25, 0.3) is 5.57 Å². The number of allylic oxidation sites excluding steroid dienone is 8. The smallest absolute Gasteiger partial charge is 0.0676 e. The molecule has 5 rings (SSSR count). The van der Waals surface area contributed by atoms with Crippen LogP contribution in [0.2, 0.25) is 0 Å². The van der Waals surface area contributed by atoms with Crippen molar-refractivity contribution >= 4 is 5.57 Å². The van der Waals surface area contributed by atoms with Gasteiger partial charge in [-0.15, -0.1) is 0 Å². The fourth-order valence-corrected chi connectivity index (χ4v) is 6.46. The maximum atomic E-state index is 2.40. The van der Waals surface area contributed by atoms with E-state index in [1.807, 2.05) is 0 Å². The van der Waals surface area contributed by atoms with Gasteiger partial charge >= 0.3 is 0 Å². The van der Waals surface area contributed by atoms with Crippen molar-refractivity contribution in [1.82, 2.24) is 0 Å². The first-order valence-electron chi connectivity index (χ1n) is 13.7. The molecule has 0 aliphatic heterocycles. The van der Waals surface area contributed by atoms with Gasteiger partial charge in [0.2, 0.25) is 0 Å². The first kappa shape index (κ1) is 25.3. The van der Waals surface area contributed by atoms with Crippen LogP contribution in [0, 0.1) is 10.8 Å². The third-order valence-corrected chi connectivity index (χ3v) is 8.00. The molecule has 0 amide bonds. The molecule has 0 fully saturated rings. The maximum Gasteiger partial charge on any atom is 0.0676 e. The summed E-state index contributed by atoms with van der Waals surface area (Å²) in [4.78, 5) is 0. The SMILES string of the molecule is CC(C)(C)C1=C(c2ccccc2C(C2=C(C(C)(C)C)C=CC2)(c2ccccc2)c2ccccc2)CC=C1. The molecule has 3 aromatic rings. The van der Waals surface area contributed by atoms with Gasteiger partial charge < -0.3 is 0 Å². The quantitative estimate of drug-likeness (QED) is 0.316. The molecule has 0 heterocycles. The number of hydrogen-bond acceptors (Lipinski definition) is 0. The molecule has 0 heteroatoms. The van der Waals surface area contributed by atoms with Gasteiger partial charge in [0, 0.05) is 0 Å². The van der Waals surface area contributed by atoms with Crippen molar-refractivity contribution in [1.29, 1.82) is 0 Å². The average Bonchev–Trinajstić information content (AvgIpc) is 3.57. The van der Waals surface area contributed by atoms with E-state index in [9.17, 15) is 0 Å². The molecular weight excluding hydrogens is 444 g/mol. The molecule has 0 aromatic heterocycles. The molecule has 0 saturated carbocycles. The van der Waals surface area contributed by atoms with Crippen LogP contribution in [0.4, 0.5) is 0 Å². The third kappa shape index (κ3) is 4.37. The molecule has 3 aromatic carbocycles. The normalized spacial score (nSPS) is 16.3. The molecule has 2 aliphatic rings. The van der Waals surface area contributed by atoms with Crippen molar-refractivity contribution in [3.63, 3.8) is 0 Å². The van der Waals surface area contributed by atoms with Crippen molar-refractivity contribution in [2.75, 3.05) is 0 Å². The summed E-state index contributed by atoms with van der Waals surface area (Å²) in [5.41, 5.74) is 11.0. The summed E-state index contributed by atoms with van der Waals surface area (Å²) in [6, 6.07) is 31.6. The van der Waals surface area contributed by atoms with Crippen molar-refractivity contribution in [3.05, 3.63) is 148 Å². The van der Waals surface area contributed by atoms with Crippen LogP contribution in [0.3, 0.4) is 0 Å². The highest BCUT2D eigenvalue weighted by Gasteiger charge is 2.45. The van der Waals surface area contributed by atoms with E-state index in [1.54, 1.807) is 0 Å². The van der Waals surface area contributed by atoms with Crippen molar-refractivity contribution in [2.24, 2.45) is 10.8 Å².